The van der Waals surface area contributed by atoms with Crippen LogP contribution >= 0.6 is 11.3 Å². The fourth-order valence-electron chi connectivity index (χ4n) is 6.51. The van der Waals surface area contributed by atoms with E-state index in [1.165, 1.54) is 16.0 Å². The van der Waals surface area contributed by atoms with E-state index in [2.05, 4.69) is 9.67 Å². The molecular weight excluding hydrogens is 594 g/mol. The molecule has 0 fully saturated rings. The standard InChI is InChI=1S/C34H37N3O7S/c1-17-18(2)31-21(19(3)28(17)38)12-13-34(5,44-31)33(42)43-15-9-14-37-23-10-7-8-11-24(23)45-25(37)16-22-29(39)27(30(22)40)26-20(4)35-36(6)32(26)41/h7-8,10-11,22H,9,12-16H2,1-6H3,(H2-,35,38,39,40,41). The Labute approximate surface area is 264 Å². The fourth-order valence-corrected chi connectivity index (χ4v) is 7.74. The van der Waals surface area contributed by atoms with Gasteiger partial charge in [-0.2, -0.15) is 4.57 Å². The van der Waals surface area contributed by atoms with Crippen LogP contribution in [0.25, 0.3) is 15.8 Å². The van der Waals surface area contributed by atoms with Gasteiger partial charge in [-0.25, -0.2) is 4.79 Å². The monoisotopic (exact) mass is 631 g/mol. The Morgan fingerprint density at radius 3 is 2.62 bits per heavy atom. The number of nitrogens with zero attached hydrogens (tertiary/aromatic N) is 2. The lowest BCUT2D eigenvalue weighted by molar-refractivity contribution is -0.675. The molecule has 0 saturated carbocycles. The van der Waals surface area contributed by atoms with E-state index < -0.39 is 17.5 Å². The highest BCUT2D eigenvalue weighted by atomic mass is 32.1. The first-order chi connectivity index (χ1) is 21.3. The molecule has 2 aliphatic rings. The van der Waals surface area contributed by atoms with Crippen LogP contribution in [0.1, 0.15) is 58.3 Å². The molecule has 4 aromatic rings. The van der Waals surface area contributed by atoms with Crippen LogP contribution in [0.5, 0.6) is 11.5 Å². The number of para-hydroxylation sites is 1. The van der Waals surface area contributed by atoms with E-state index >= 15 is 0 Å². The van der Waals surface area contributed by atoms with Crippen LogP contribution in [0.2, 0.25) is 0 Å². The van der Waals surface area contributed by atoms with Gasteiger partial charge in [0.2, 0.25) is 16.1 Å². The maximum absolute atomic E-state index is 13.3. The van der Waals surface area contributed by atoms with Crippen molar-refractivity contribution in [3.63, 3.8) is 0 Å². The Morgan fingerprint density at radius 1 is 1.20 bits per heavy atom. The predicted octanol–water partition coefficient (Wildman–Crippen LogP) is 3.39. The molecule has 1 aliphatic heterocycles. The second-order valence-corrected chi connectivity index (χ2v) is 13.4. The van der Waals surface area contributed by atoms with Crippen LogP contribution in [0.4, 0.5) is 0 Å². The number of allylic oxidation sites excluding steroid dienone is 2. The number of Topliss-reactive ketones (excluding diaryl/α,β-unsaturated/α-hetero) is 1. The average molecular weight is 632 g/mol. The number of fused-ring (bicyclic) bond motifs is 2. The summed E-state index contributed by atoms with van der Waals surface area (Å²) in [6.45, 7) is 9.71. The van der Waals surface area contributed by atoms with Crippen molar-refractivity contribution in [1.82, 2.24) is 9.78 Å². The molecule has 11 heteroatoms. The molecule has 6 rings (SSSR count). The van der Waals surface area contributed by atoms with Crippen LogP contribution in [0, 0.1) is 33.6 Å². The number of benzene rings is 2. The molecule has 1 aliphatic carbocycles. The van der Waals surface area contributed by atoms with Crippen LogP contribution < -0.4 is 20.0 Å². The molecule has 10 nitrogen and oxygen atoms in total. The summed E-state index contributed by atoms with van der Waals surface area (Å²) in [6, 6.07) is 7.88. The molecule has 0 spiro atoms. The van der Waals surface area contributed by atoms with Gasteiger partial charge in [-0.1, -0.05) is 23.5 Å². The van der Waals surface area contributed by atoms with Gasteiger partial charge >= 0.3 is 5.97 Å². The van der Waals surface area contributed by atoms with Crippen LogP contribution in [0.15, 0.2) is 34.8 Å². The minimum Gasteiger partial charge on any atom is -0.874 e. The number of ether oxygens (including phenoxy) is 2. The van der Waals surface area contributed by atoms with Gasteiger partial charge in [0.25, 0.3) is 5.56 Å². The number of aromatic hydroxyl groups is 1. The first kappa shape index (κ1) is 30.6. The molecule has 2 aromatic heterocycles. The number of thiazole rings is 1. The summed E-state index contributed by atoms with van der Waals surface area (Å²) in [5.74, 6) is -0.973. The summed E-state index contributed by atoms with van der Waals surface area (Å²) < 4.78 is 16.4. The number of phenols is 1. The maximum Gasteiger partial charge on any atom is 0.350 e. The van der Waals surface area contributed by atoms with Gasteiger partial charge in [-0.3, -0.25) is 19.4 Å². The lowest BCUT2D eigenvalue weighted by Crippen LogP contribution is -2.46. The molecule has 2 unspecified atom stereocenters. The molecule has 2 aromatic carbocycles. The highest BCUT2D eigenvalue weighted by Gasteiger charge is 2.43. The third-order valence-corrected chi connectivity index (χ3v) is 10.6. The molecule has 3 heterocycles. The van der Waals surface area contributed by atoms with E-state index in [-0.39, 0.29) is 47.0 Å². The van der Waals surface area contributed by atoms with Crippen molar-refractivity contribution in [2.75, 3.05) is 6.61 Å². The summed E-state index contributed by atoms with van der Waals surface area (Å²) >= 11 is 1.53. The Morgan fingerprint density at radius 2 is 1.93 bits per heavy atom. The molecule has 0 radical (unpaired) electrons. The number of esters is 1. The van der Waals surface area contributed by atoms with Crippen molar-refractivity contribution in [1.29, 1.82) is 0 Å². The number of H-pyrrole nitrogens is 1. The van der Waals surface area contributed by atoms with E-state index in [4.69, 9.17) is 9.47 Å². The molecule has 0 amide bonds. The van der Waals surface area contributed by atoms with Gasteiger partial charge in [-0.15, -0.1) is 5.76 Å². The van der Waals surface area contributed by atoms with Crippen molar-refractivity contribution in [2.45, 2.75) is 72.4 Å². The molecule has 236 valence electrons. The molecule has 2 atom stereocenters. The van der Waals surface area contributed by atoms with Gasteiger partial charge in [0, 0.05) is 48.7 Å². The van der Waals surface area contributed by atoms with Crippen molar-refractivity contribution in [2.24, 2.45) is 13.0 Å². The number of phenolic OH excluding ortho intramolecular Hbond substituents is 1. The maximum atomic E-state index is 13.3. The molecular formula is C34H37N3O7S. The number of aromatic amines is 1. The number of carbonyl (C=O) groups excluding carboxylic acids is 2. The summed E-state index contributed by atoms with van der Waals surface area (Å²) in [4.78, 5) is 39.0. The third kappa shape index (κ3) is 4.93. The van der Waals surface area contributed by atoms with Crippen LogP contribution in [0.3, 0.4) is 0 Å². The summed E-state index contributed by atoms with van der Waals surface area (Å²) in [5, 5.41) is 27.4. The van der Waals surface area contributed by atoms with Crippen molar-refractivity contribution >= 4 is 38.9 Å². The molecule has 45 heavy (non-hydrogen) atoms. The number of hydrogen-bond donors (Lipinski definition) is 2. The zero-order chi connectivity index (χ0) is 32.4. The SMILES string of the molecule is Cc1[nH]n(C)c(=O)c1C1=C([O-])C(Cc2sc3ccccc3[n+]2CCCOC(=O)C2(C)CCc3c(C)c(O)c(C)c(C)c3O2)C1=O. The largest absolute Gasteiger partial charge is 0.874 e. The van der Waals surface area contributed by atoms with Gasteiger partial charge in [0.05, 0.1) is 18.6 Å². The Balaban J connectivity index is 1.15. The molecule has 0 bridgehead atoms. The number of nitrogens with one attached hydrogen (secondary N) is 1. The number of ketones is 1. The number of aromatic nitrogens is 3. The van der Waals surface area contributed by atoms with Gasteiger partial charge in [-0.05, 0) is 63.8 Å². The highest BCUT2D eigenvalue weighted by molar-refractivity contribution is 7.18. The summed E-state index contributed by atoms with van der Waals surface area (Å²) in [7, 11) is 1.55. The van der Waals surface area contributed by atoms with Crippen molar-refractivity contribution in [3.8, 4) is 11.5 Å². The van der Waals surface area contributed by atoms with Crippen molar-refractivity contribution < 1.29 is 33.8 Å². The topological polar surface area (TPSA) is 138 Å². The average Bonchev–Trinajstić information content (AvgIpc) is 3.50. The zero-order valence-electron chi connectivity index (χ0n) is 26.3. The fraction of sp³-hybridized carbons (Fsp3) is 0.412. The van der Waals surface area contributed by atoms with Crippen LogP contribution in [-0.2, 0) is 40.8 Å². The van der Waals surface area contributed by atoms with Gasteiger partial charge in [0.1, 0.15) is 16.2 Å². The first-order valence-corrected chi connectivity index (χ1v) is 15.9. The normalized spacial score (nSPS) is 19.4. The summed E-state index contributed by atoms with van der Waals surface area (Å²) in [5.41, 5.74) is 3.36. The minimum atomic E-state index is -1.14. The Hall–Kier alpha value is -4.38. The van der Waals surface area contributed by atoms with Crippen molar-refractivity contribution in [3.05, 3.63) is 78.9 Å². The summed E-state index contributed by atoms with van der Waals surface area (Å²) in [6.07, 6.45) is 1.79. The van der Waals surface area contributed by atoms with E-state index in [1.54, 1.807) is 20.9 Å². The predicted molar refractivity (Wildman–Crippen MR) is 167 cm³/mol. The second kappa shape index (κ2) is 11.2. The number of aryl methyl sites for hydroxylation is 3. The minimum absolute atomic E-state index is 0.0164. The first-order valence-electron chi connectivity index (χ1n) is 15.1. The highest BCUT2D eigenvalue weighted by Crippen LogP contribution is 2.43. The van der Waals surface area contributed by atoms with Gasteiger partial charge < -0.3 is 19.7 Å². The van der Waals surface area contributed by atoms with E-state index in [9.17, 15) is 24.6 Å². The van der Waals surface area contributed by atoms with E-state index in [0.717, 1.165) is 37.5 Å². The lowest BCUT2D eigenvalue weighted by Gasteiger charge is -2.35. The Bertz CT molecular complexity index is 1980. The third-order valence-electron chi connectivity index (χ3n) is 9.38. The van der Waals surface area contributed by atoms with E-state index in [1.807, 2.05) is 45.0 Å². The quantitative estimate of drug-likeness (QED) is 0.173. The number of hydrogen-bond acceptors (Lipinski definition) is 8. The second-order valence-electron chi connectivity index (χ2n) is 12.3. The van der Waals surface area contributed by atoms with Gasteiger partial charge in [0.15, 0.2) is 12.3 Å². The Kier molecular flexibility index (Phi) is 7.63. The lowest BCUT2D eigenvalue weighted by atomic mass is 9.77. The molecule has 2 N–H and O–H groups in total. The number of carbonyl (C=O) groups is 2. The smallest absolute Gasteiger partial charge is 0.350 e. The van der Waals surface area contributed by atoms with E-state index in [0.29, 0.717) is 37.3 Å². The molecule has 0 saturated heterocycles. The number of rotatable bonds is 8. The van der Waals surface area contributed by atoms with Crippen LogP contribution in [-0.4, -0.2) is 38.8 Å². The zero-order valence-corrected chi connectivity index (χ0v) is 27.1.